The van der Waals surface area contributed by atoms with Crippen LogP contribution in [-0.4, -0.2) is 31.2 Å². The van der Waals surface area contributed by atoms with Gasteiger partial charge in [-0.3, -0.25) is 9.59 Å². The molecule has 0 aromatic carbocycles. The first-order chi connectivity index (χ1) is 6.34. The van der Waals surface area contributed by atoms with Gasteiger partial charge in [-0.2, -0.15) is 13.2 Å². The molecule has 0 N–H and O–H groups in total. The van der Waals surface area contributed by atoms with Crippen LogP contribution in [0.3, 0.4) is 0 Å². The Bertz CT molecular complexity index is 223. The Morgan fingerprint density at radius 3 is 2.14 bits per heavy atom. The molecule has 14 heavy (non-hydrogen) atoms. The molecule has 0 radical (unpaired) electrons. The summed E-state index contributed by atoms with van der Waals surface area (Å²) in [4.78, 5) is 21.1. The lowest BCUT2D eigenvalue weighted by Gasteiger charge is -2.15. The Balaban J connectivity index is 4.73. The molecule has 0 fully saturated rings. The molecule has 0 aromatic heterocycles. The van der Waals surface area contributed by atoms with Crippen LogP contribution >= 0.6 is 0 Å². The summed E-state index contributed by atoms with van der Waals surface area (Å²) in [5.41, 5.74) is 0. The van der Waals surface area contributed by atoms with Crippen LogP contribution in [0.5, 0.6) is 0 Å². The van der Waals surface area contributed by atoms with Gasteiger partial charge in [-0.1, -0.05) is 0 Å². The summed E-state index contributed by atoms with van der Waals surface area (Å²) >= 11 is 0. The SMILES string of the molecule is CCOC(=O)C(C(=O)CF)C(F)(F)F. The van der Waals surface area contributed by atoms with Gasteiger partial charge in [-0.25, -0.2) is 4.39 Å². The number of hydrogen-bond donors (Lipinski definition) is 0. The molecule has 1 unspecified atom stereocenters. The van der Waals surface area contributed by atoms with E-state index in [1.165, 1.54) is 6.92 Å². The number of ether oxygens (including phenoxy) is 1. The second-order valence-electron chi connectivity index (χ2n) is 2.33. The van der Waals surface area contributed by atoms with Gasteiger partial charge in [0.15, 0.2) is 5.78 Å². The molecule has 0 heterocycles. The normalized spacial score (nSPS) is 13.5. The van der Waals surface area contributed by atoms with Crippen LogP contribution < -0.4 is 0 Å². The smallest absolute Gasteiger partial charge is 0.409 e. The Hall–Kier alpha value is -1.14. The second kappa shape index (κ2) is 4.92. The molecule has 0 aliphatic heterocycles. The fourth-order valence-electron chi connectivity index (χ4n) is 0.750. The van der Waals surface area contributed by atoms with Gasteiger partial charge in [0.25, 0.3) is 0 Å². The third-order valence-corrected chi connectivity index (χ3v) is 1.30. The number of hydrogen-bond acceptors (Lipinski definition) is 3. The van der Waals surface area contributed by atoms with E-state index in [-0.39, 0.29) is 6.61 Å². The van der Waals surface area contributed by atoms with Gasteiger partial charge < -0.3 is 4.74 Å². The van der Waals surface area contributed by atoms with Gasteiger partial charge in [0.05, 0.1) is 6.61 Å². The number of carbonyl (C=O) groups is 2. The Morgan fingerprint density at radius 2 is 1.86 bits per heavy atom. The molecule has 0 saturated carbocycles. The van der Waals surface area contributed by atoms with E-state index in [0.717, 1.165) is 0 Å². The predicted molar refractivity (Wildman–Crippen MR) is 37.2 cm³/mol. The maximum Gasteiger partial charge on any atom is 0.409 e. The topological polar surface area (TPSA) is 43.4 Å². The number of carbonyl (C=O) groups excluding carboxylic acids is 2. The van der Waals surface area contributed by atoms with E-state index in [4.69, 9.17) is 0 Å². The van der Waals surface area contributed by atoms with Gasteiger partial charge in [-0.15, -0.1) is 0 Å². The van der Waals surface area contributed by atoms with Crippen molar-refractivity contribution in [2.24, 2.45) is 5.92 Å². The fraction of sp³-hybridized carbons (Fsp3) is 0.714. The molecule has 1 atom stereocenters. The third kappa shape index (κ3) is 3.31. The van der Waals surface area contributed by atoms with Gasteiger partial charge in [0, 0.05) is 0 Å². The summed E-state index contributed by atoms with van der Waals surface area (Å²) < 4.78 is 51.8. The number of alkyl halides is 4. The number of Topliss-reactive ketones (excluding diaryl/α,β-unsaturated/α-hetero) is 1. The highest BCUT2D eigenvalue weighted by atomic mass is 19.4. The molecule has 0 amide bonds. The molecule has 0 rings (SSSR count). The lowest BCUT2D eigenvalue weighted by Crippen LogP contribution is -2.39. The number of halogens is 4. The molecule has 0 spiro atoms. The highest BCUT2D eigenvalue weighted by Gasteiger charge is 2.50. The molecule has 3 nitrogen and oxygen atoms in total. The van der Waals surface area contributed by atoms with Crippen LogP contribution in [0.1, 0.15) is 6.92 Å². The zero-order valence-electron chi connectivity index (χ0n) is 7.23. The van der Waals surface area contributed by atoms with Crippen LogP contribution in [0.15, 0.2) is 0 Å². The molecule has 0 aliphatic rings. The number of esters is 1. The summed E-state index contributed by atoms with van der Waals surface area (Å²) in [7, 11) is 0. The summed E-state index contributed by atoms with van der Waals surface area (Å²) in [6, 6.07) is 0. The average molecular weight is 216 g/mol. The minimum absolute atomic E-state index is 0.301. The zero-order chi connectivity index (χ0) is 11.4. The first-order valence-electron chi connectivity index (χ1n) is 3.66. The molecule has 0 saturated heterocycles. The van der Waals surface area contributed by atoms with E-state index in [1.807, 2.05) is 0 Å². The third-order valence-electron chi connectivity index (χ3n) is 1.30. The van der Waals surface area contributed by atoms with Gasteiger partial charge in [0.2, 0.25) is 5.92 Å². The highest BCUT2D eigenvalue weighted by molar-refractivity contribution is 6.00. The maximum absolute atomic E-state index is 12.0. The monoisotopic (exact) mass is 216 g/mol. The summed E-state index contributed by atoms with van der Waals surface area (Å²) in [5, 5.41) is 0. The quantitative estimate of drug-likeness (QED) is 0.403. The standard InChI is InChI=1S/C7H8F4O3/c1-2-14-6(13)5(4(12)3-8)7(9,10)11/h5H,2-3H2,1H3. The van der Waals surface area contributed by atoms with Crippen molar-refractivity contribution in [2.45, 2.75) is 13.1 Å². The van der Waals surface area contributed by atoms with Crippen LogP contribution in [0.4, 0.5) is 17.6 Å². The number of ketones is 1. The van der Waals surface area contributed by atoms with Crippen molar-refractivity contribution in [2.75, 3.05) is 13.3 Å². The van der Waals surface area contributed by atoms with Crippen molar-refractivity contribution in [3.05, 3.63) is 0 Å². The van der Waals surface area contributed by atoms with E-state index in [9.17, 15) is 27.2 Å². The second-order valence-corrected chi connectivity index (χ2v) is 2.33. The molecule has 82 valence electrons. The maximum atomic E-state index is 12.0. The van der Waals surface area contributed by atoms with Gasteiger partial charge in [0.1, 0.15) is 6.67 Å². The molecule has 7 heteroatoms. The molecule has 0 aliphatic carbocycles. The predicted octanol–water partition coefficient (Wildman–Crippen LogP) is 1.27. The van der Waals surface area contributed by atoms with E-state index in [2.05, 4.69) is 4.74 Å². The van der Waals surface area contributed by atoms with E-state index in [0.29, 0.717) is 0 Å². The molecular formula is C7H8F4O3. The Kier molecular flexibility index (Phi) is 4.52. The van der Waals surface area contributed by atoms with Crippen molar-refractivity contribution in [3.8, 4) is 0 Å². The van der Waals surface area contributed by atoms with Gasteiger partial charge in [-0.05, 0) is 6.92 Å². The van der Waals surface area contributed by atoms with Crippen molar-refractivity contribution < 1.29 is 31.9 Å². The zero-order valence-corrected chi connectivity index (χ0v) is 7.23. The van der Waals surface area contributed by atoms with E-state index < -0.39 is 30.5 Å². The minimum atomic E-state index is -5.10. The lowest BCUT2D eigenvalue weighted by atomic mass is 10.1. The largest absolute Gasteiger partial charge is 0.465 e. The fourth-order valence-corrected chi connectivity index (χ4v) is 0.750. The molecular weight excluding hydrogens is 208 g/mol. The minimum Gasteiger partial charge on any atom is -0.465 e. The first kappa shape index (κ1) is 12.9. The first-order valence-corrected chi connectivity index (χ1v) is 3.66. The summed E-state index contributed by atoms with van der Waals surface area (Å²) in [6.45, 7) is -0.862. The van der Waals surface area contributed by atoms with Crippen LogP contribution in [-0.2, 0) is 14.3 Å². The van der Waals surface area contributed by atoms with Crippen molar-refractivity contribution in [1.29, 1.82) is 0 Å². The van der Waals surface area contributed by atoms with Gasteiger partial charge >= 0.3 is 12.1 Å². The Labute approximate surface area is 77.0 Å². The molecule has 0 bridgehead atoms. The summed E-state index contributed by atoms with van der Waals surface area (Å²) in [5.74, 6) is -6.61. The summed E-state index contributed by atoms with van der Waals surface area (Å²) in [6.07, 6.45) is -5.10. The van der Waals surface area contributed by atoms with Crippen LogP contribution in [0, 0.1) is 5.92 Å². The van der Waals surface area contributed by atoms with Crippen LogP contribution in [0.2, 0.25) is 0 Å². The highest BCUT2D eigenvalue weighted by Crippen LogP contribution is 2.28. The van der Waals surface area contributed by atoms with E-state index >= 15 is 0 Å². The number of rotatable bonds is 4. The molecule has 0 aromatic rings. The van der Waals surface area contributed by atoms with Crippen molar-refractivity contribution in [1.82, 2.24) is 0 Å². The van der Waals surface area contributed by atoms with E-state index in [1.54, 1.807) is 0 Å². The van der Waals surface area contributed by atoms with Crippen molar-refractivity contribution in [3.63, 3.8) is 0 Å². The lowest BCUT2D eigenvalue weighted by molar-refractivity contribution is -0.198. The average Bonchev–Trinajstić information content (AvgIpc) is 2.02. The Morgan fingerprint density at radius 1 is 1.36 bits per heavy atom. The van der Waals surface area contributed by atoms with Crippen LogP contribution in [0.25, 0.3) is 0 Å². The van der Waals surface area contributed by atoms with Crippen molar-refractivity contribution >= 4 is 11.8 Å².